The van der Waals surface area contributed by atoms with E-state index in [1.165, 1.54) is 4.90 Å². The topological polar surface area (TPSA) is 63.4 Å². The number of carbonyl (C=O) groups excluding carboxylic acids is 2. The van der Waals surface area contributed by atoms with Gasteiger partial charge < -0.3 is 5.73 Å². The molecule has 2 amide bonds. The first-order valence-electron chi connectivity index (χ1n) is 4.85. The van der Waals surface area contributed by atoms with Crippen molar-refractivity contribution in [2.24, 2.45) is 5.73 Å². The van der Waals surface area contributed by atoms with Crippen LogP contribution in [0, 0.1) is 0 Å². The Balaban J connectivity index is 2.31. The zero-order valence-electron chi connectivity index (χ0n) is 8.47. The first-order chi connectivity index (χ1) is 7.59. The summed E-state index contributed by atoms with van der Waals surface area (Å²) < 4.78 is 0. The van der Waals surface area contributed by atoms with Gasteiger partial charge in [-0.25, -0.2) is 0 Å². The van der Waals surface area contributed by atoms with Crippen molar-refractivity contribution in [3.05, 3.63) is 29.8 Å². The molecule has 1 fully saturated rings. The van der Waals surface area contributed by atoms with Gasteiger partial charge in [0.2, 0.25) is 11.8 Å². The Morgan fingerprint density at radius 3 is 2.06 bits per heavy atom. The maximum atomic E-state index is 11.5. The molecule has 0 aromatic heterocycles. The molecule has 0 unspecified atom stereocenters. The van der Waals surface area contributed by atoms with Crippen LogP contribution in [0.3, 0.4) is 0 Å². The first-order valence-corrected chi connectivity index (χ1v) is 5.26. The third-order valence-electron chi connectivity index (χ3n) is 2.46. The Labute approximate surface area is 98.0 Å². The molecule has 0 saturated carbocycles. The van der Waals surface area contributed by atoms with Crippen molar-refractivity contribution >= 4 is 34.7 Å². The molecular weight excluding hydrogens is 224 g/mol. The molecule has 5 heteroatoms. The Morgan fingerprint density at radius 2 is 1.62 bits per heavy atom. The highest BCUT2D eigenvalue weighted by atomic mass is 32.1. The maximum Gasteiger partial charge on any atom is 0.234 e. The molecule has 0 bridgehead atoms. The van der Waals surface area contributed by atoms with E-state index in [1.54, 1.807) is 24.3 Å². The van der Waals surface area contributed by atoms with Gasteiger partial charge in [0.15, 0.2) is 0 Å². The second kappa shape index (κ2) is 4.02. The van der Waals surface area contributed by atoms with Crippen LogP contribution in [0.5, 0.6) is 0 Å². The fraction of sp³-hybridized carbons (Fsp3) is 0.182. The quantitative estimate of drug-likeness (QED) is 0.612. The molecule has 4 nitrogen and oxygen atoms in total. The molecule has 1 aromatic carbocycles. The van der Waals surface area contributed by atoms with E-state index in [2.05, 4.69) is 0 Å². The molecule has 16 heavy (non-hydrogen) atoms. The number of carbonyl (C=O) groups is 2. The van der Waals surface area contributed by atoms with Gasteiger partial charge in [0.1, 0.15) is 4.99 Å². The minimum Gasteiger partial charge on any atom is -0.389 e. The fourth-order valence-electron chi connectivity index (χ4n) is 1.64. The molecule has 0 aliphatic carbocycles. The van der Waals surface area contributed by atoms with Crippen molar-refractivity contribution in [1.29, 1.82) is 0 Å². The standard InChI is InChI=1S/C11H10N2O2S/c12-11(16)7-1-3-8(4-2-7)13-9(14)5-6-10(13)15/h1-4H,5-6H2,(H2,12,16). The Morgan fingerprint density at radius 1 is 1.12 bits per heavy atom. The van der Waals surface area contributed by atoms with Crippen LogP contribution in [0.2, 0.25) is 0 Å². The van der Waals surface area contributed by atoms with Gasteiger partial charge in [-0.05, 0) is 24.3 Å². The number of anilines is 1. The van der Waals surface area contributed by atoms with Crippen molar-refractivity contribution < 1.29 is 9.59 Å². The van der Waals surface area contributed by atoms with Gasteiger partial charge in [0.05, 0.1) is 5.69 Å². The number of hydrogen-bond acceptors (Lipinski definition) is 3. The summed E-state index contributed by atoms with van der Waals surface area (Å²) in [6.45, 7) is 0. The summed E-state index contributed by atoms with van der Waals surface area (Å²) in [6.07, 6.45) is 0.575. The van der Waals surface area contributed by atoms with E-state index in [9.17, 15) is 9.59 Å². The summed E-state index contributed by atoms with van der Waals surface area (Å²) in [5, 5.41) is 0. The van der Waals surface area contributed by atoms with Gasteiger partial charge in [-0.1, -0.05) is 12.2 Å². The highest BCUT2D eigenvalue weighted by Crippen LogP contribution is 2.22. The molecule has 1 aliphatic rings. The van der Waals surface area contributed by atoms with E-state index in [0.29, 0.717) is 10.7 Å². The second-order valence-electron chi connectivity index (χ2n) is 3.53. The molecule has 1 aromatic rings. The highest BCUT2D eigenvalue weighted by Gasteiger charge is 2.29. The first kappa shape index (κ1) is 10.8. The van der Waals surface area contributed by atoms with Crippen LogP contribution in [0.1, 0.15) is 18.4 Å². The lowest BCUT2D eigenvalue weighted by Gasteiger charge is -2.13. The van der Waals surface area contributed by atoms with Crippen LogP contribution in [-0.4, -0.2) is 16.8 Å². The number of nitrogens with two attached hydrogens (primary N) is 1. The van der Waals surface area contributed by atoms with E-state index in [1.807, 2.05) is 0 Å². The lowest BCUT2D eigenvalue weighted by Crippen LogP contribution is -2.28. The van der Waals surface area contributed by atoms with Crippen molar-refractivity contribution in [3.8, 4) is 0 Å². The number of thiocarbonyl (C=S) groups is 1. The number of benzene rings is 1. The predicted octanol–water partition coefficient (Wildman–Crippen LogP) is 0.974. The van der Waals surface area contributed by atoms with Gasteiger partial charge in [-0.2, -0.15) is 0 Å². The Bertz CT molecular complexity index is 451. The van der Waals surface area contributed by atoms with Crippen molar-refractivity contribution in [2.75, 3.05) is 4.90 Å². The van der Waals surface area contributed by atoms with Crippen LogP contribution < -0.4 is 10.6 Å². The Kier molecular flexibility index (Phi) is 2.70. The average molecular weight is 234 g/mol. The van der Waals surface area contributed by atoms with E-state index in [4.69, 9.17) is 18.0 Å². The van der Waals surface area contributed by atoms with Crippen molar-refractivity contribution in [1.82, 2.24) is 0 Å². The molecular formula is C11H10N2O2S. The number of rotatable bonds is 2. The Hall–Kier alpha value is -1.75. The molecule has 0 atom stereocenters. The maximum absolute atomic E-state index is 11.5. The van der Waals surface area contributed by atoms with E-state index in [-0.39, 0.29) is 24.7 Å². The molecule has 0 radical (unpaired) electrons. The van der Waals surface area contributed by atoms with Crippen molar-refractivity contribution in [3.63, 3.8) is 0 Å². The monoisotopic (exact) mass is 234 g/mol. The number of hydrogen-bond donors (Lipinski definition) is 1. The SMILES string of the molecule is NC(=S)c1ccc(N2C(=O)CCC2=O)cc1. The summed E-state index contributed by atoms with van der Waals surface area (Å²) >= 11 is 4.82. The zero-order valence-corrected chi connectivity index (χ0v) is 9.29. The fourth-order valence-corrected chi connectivity index (χ4v) is 1.78. The molecule has 1 saturated heterocycles. The summed E-state index contributed by atoms with van der Waals surface area (Å²) in [7, 11) is 0. The zero-order chi connectivity index (χ0) is 11.7. The minimum absolute atomic E-state index is 0.159. The lowest BCUT2D eigenvalue weighted by molar-refractivity contribution is -0.121. The van der Waals surface area contributed by atoms with Crippen LogP contribution >= 0.6 is 12.2 Å². The third-order valence-corrected chi connectivity index (χ3v) is 2.70. The van der Waals surface area contributed by atoms with Gasteiger partial charge in [0, 0.05) is 18.4 Å². The highest BCUT2D eigenvalue weighted by molar-refractivity contribution is 7.80. The van der Waals surface area contributed by atoms with Crippen molar-refractivity contribution in [2.45, 2.75) is 12.8 Å². The van der Waals surface area contributed by atoms with Gasteiger partial charge in [0.25, 0.3) is 0 Å². The number of amides is 2. The molecule has 2 N–H and O–H groups in total. The largest absolute Gasteiger partial charge is 0.389 e. The average Bonchev–Trinajstić information content (AvgIpc) is 2.59. The summed E-state index contributed by atoms with van der Waals surface area (Å²) in [5.41, 5.74) is 6.75. The molecule has 1 aliphatic heterocycles. The van der Waals surface area contributed by atoms with Gasteiger partial charge >= 0.3 is 0 Å². The number of imide groups is 1. The lowest BCUT2D eigenvalue weighted by atomic mass is 10.2. The summed E-state index contributed by atoms with van der Waals surface area (Å²) in [4.78, 5) is 24.4. The smallest absolute Gasteiger partial charge is 0.234 e. The molecule has 1 heterocycles. The second-order valence-corrected chi connectivity index (χ2v) is 3.97. The van der Waals surface area contributed by atoms with E-state index in [0.717, 1.165) is 5.56 Å². The third kappa shape index (κ3) is 1.81. The van der Waals surface area contributed by atoms with Crippen LogP contribution in [-0.2, 0) is 9.59 Å². The minimum atomic E-state index is -0.159. The van der Waals surface area contributed by atoms with Crippen LogP contribution in [0.4, 0.5) is 5.69 Å². The molecule has 2 rings (SSSR count). The molecule has 82 valence electrons. The summed E-state index contributed by atoms with van der Waals surface area (Å²) in [6, 6.07) is 6.76. The summed E-state index contributed by atoms with van der Waals surface area (Å²) in [5.74, 6) is -0.318. The van der Waals surface area contributed by atoms with Gasteiger partial charge in [-0.15, -0.1) is 0 Å². The van der Waals surface area contributed by atoms with Gasteiger partial charge in [-0.3, -0.25) is 14.5 Å². The van der Waals surface area contributed by atoms with E-state index >= 15 is 0 Å². The predicted molar refractivity (Wildman–Crippen MR) is 64.1 cm³/mol. The number of nitrogens with zero attached hydrogens (tertiary/aromatic N) is 1. The normalized spacial score (nSPS) is 15.6. The van der Waals surface area contributed by atoms with E-state index < -0.39 is 0 Å². The van der Waals surface area contributed by atoms with Crippen LogP contribution in [0.25, 0.3) is 0 Å². The molecule has 0 spiro atoms. The van der Waals surface area contributed by atoms with Crippen LogP contribution in [0.15, 0.2) is 24.3 Å².